The number of nitrogens with zero attached hydrogens (tertiary/aromatic N) is 1. The number of carbonyl (C=O) groups is 1. The molecule has 0 saturated carbocycles. The average Bonchev–Trinajstić information content (AvgIpc) is 2.85. The number of aliphatic hydroxyl groups is 1. The van der Waals surface area contributed by atoms with E-state index < -0.39 is 5.60 Å². The molecule has 0 spiro atoms. The number of hydrogen-bond donors (Lipinski definition) is 2. The summed E-state index contributed by atoms with van der Waals surface area (Å²) in [6.45, 7) is 2.39. The molecule has 1 saturated heterocycles. The summed E-state index contributed by atoms with van der Waals surface area (Å²) >= 11 is 5.87. The minimum atomic E-state index is -0.796. The maximum Gasteiger partial charge on any atom is 0.234 e. The predicted molar refractivity (Wildman–Crippen MR) is 104 cm³/mol. The average molecular weight is 373 g/mol. The van der Waals surface area contributed by atoms with Crippen LogP contribution < -0.4 is 5.32 Å². The summed E-state index contributed by atoms with van der Waals surface area (Å²) < 4.78 is 0. The molecule has 3 rings (SSSR count). The molecular formula is C21H25ClN2O2. The van der Waals surface area contributed by atoms with Crippen LogP contribution in [-0.2, 0) is 16.9 Å². The number of hydrogen-bond acceptors (Lipinski definition) is 3. The first-order valence-corrected chi connectivity index (χ1v) is 9.44. The van der Waals surface area contributed by atoms with Crippen LogP contribution in [0.15, 0.2) is 54.6 Å². The quantitative estimate of drug-likeness (QED) is 0.846. The SMILES string of the molecule is O=C(CN1CCCC(O)(c2ccccc2)CC1)NCc1ccc(Cl)cc1. The maximum atomic E-state index is 12.3. The molecule has 1 fully saturated rings. The van der Waals surface area contributed by atoms with Crippen molar-refractivity contribution in [3.8, 4) is 0 Å². The smallest absolute Gasteiger partial charge is 0.234 e. The van der Waals surface area contributed by atoms with Gasteiger partial charge in [0, 0.05) is 18.1 Å². The Morgan fingerprint density at radius 2 is 1.81 bits per heavy atom. The minimum Gasteiger partial charge on any atom is -0.385 e. The predicted octanol–water partition coefficient (Wildman–Crippen LogP) is 3.33. The van der Waals surface area contributed by atoms with Crippen LogP contribution in [-0.4, -0.2) is 35.5 Å². The van der Waals surface area contributed by atoms with Crippen LogP contribution in [0.1, 0.15) is 30.4 Å². The van der Waals surface area contributed by atoms with E-state index in [1.807, 2.05) is 54.6 Å². The molecule has 138 valence electrons. The van der Waals surface area contributed by atoms with E-state index in [1.165, 1.54) is 0 Å². The lowest BCUT2D eigenvalue weighted by Crippen LogP contribution is -2.38. The summed E-state index contributed by atoms with van der Waals surface area (Å²) in [5.41, 5.74) is 1.20. The Morgan fingerprint density at radius 3 is 2.54 bits per heavy atom. The molecule has 1 unspecified atom stereocenters. The molecule has 5 heteroatoms. The fourth-order valence-corrected chi connectivity index (χ4v) is 3.56. The van der Waals surface area contributed by atoms with Crippen LogP contribution in [0.5, 0.6) is 0 Å². The van der Waals surface area contributed by atoms with Crippen LogP contribution in [0.2, 0.25) is 5.02 Å². The first-order chi connectivity index (χ1) is 12.5. The molecule has 0 radical (unpaired) electrons. The Kier molecular flexibility index (Phi) is 6.30. The van der Waals surface area contributed by atoms with E-state index >= 15 is 0 Å². The zero-order valence-corrected chi connectivity index (χ0v) is 15.6. The number of likely N-dealkylation sites (tertiary alicyclic amines) is 1. The van der Waals surface area contributed by atoms with E-state index in [0.717, 1.165) is 30.5 Å². The summed E-state index contributed by atoms with van der Waals surface area (Å²) in [5.74, 6) is 0.00472. The van der Waals surface area contributed by atoms with Crippen LogP contribution in [0.3, 0.4) is 0 Å². The normalized spacial score (nSPS) is 21.2. The Morgan fingerprint density at radius 1 is 1.08 bits per heavy atom. The zero-order chi connectivity index (χ0) is 18.4. The van der Waals surface area contributed by atoms with Crippen LogP contribution >= 0.6 is 11.6 Å². The van der Waals surface area contributed by atoms with Gasteiger partial charge >= 0.3 is 0 Å². The fraction of sp³-hybridized carbons (Fsp3) is 0.381. The largest absolute Gasteiger partial charge is 0.385 e. The van der Waals surface area contributed by atoms with E-state index in [4.69, 9.17) is 11.6 Å². The second kappa shape index (κ2) is 8.67. The first-order valence-electron chi connectivity index (χ1n) is 9.07. The van der Waals surface area contributed by atoms with Crippen LogP contribution in [0.25, 0.3) is 0 Å². The Labute approximate surface area is 159 Å². The van der Waals surface area contributed by atoms with Crippen molar-refractivity contribution in [2.75, 3.05) is 19.6 Å². The maximum absolute atomic E-state index is 12.3. The van der Waals surface area contributed by atoms with Crippen molar-refractivity contribution in [3.05, 3.63) is 70.7 Å². The molecule has 1 atom stereocenters. The first kappa shape index (κ1) is 18.9. The number of amides is 1. The Hall–Kier alpha value is -1.88. The highest BCUT2D eigenvalue weighted by Crippen LogP contribution is 2.32. The molecule has 1 aliphatic heterocycles. The molecule has 2 N–H and O–H groups in total. The van der Waals surface area contributed by atoms with Crippen molar-refractivity contribution < 1.29 is 9.90 Å². The van der Waals surface area contributed by atoms with Crippen molar-refractivity contribution in [2.24, 2.45) is 0 Å². The summed E-state index contributed by atoms with van der Waals surface area (Å²) in [6, 6.07) is 17.3. The summed E-state index contributed by atoms with van der Waals surface area (Å²) in [5, 5.41) is 14.7. The lowest BCUT2D eigenvalue weighted by molar-refractivity contribution is -0.122. The zero-order valence-electron chi connectivity index (χ0n) is 14.8. The third-order valence-electron chi connectivity index (χ3n) is 4.99. The summed E-state index contributed by atoms with van der Waals surface area (Å²) in [6.07, 6.45) is 2.23. The van der Waals surface area contributed by atoms with E-state index in [0.29, 0.717) is 31.1 Å². The van der Waals surface area contributed by atoms with Crippen molar-refractivity contribution in [1.29, 1.82) is 0 Å². The molecule has 1 aliphatic rings. The van der Waals surface area contributed by atoms with Crippen LogP contribution in [0.4, 0.5) is 0 Å². The second-order valence-corrected chi connectivity index (χ2v) is 7.37. The number of halogens is 1. The van der Waals surface area contributed by atoms with Gasteiger partial charge in [0.25, 0.3) is 0 Å². The molecule has 0 aromatic heterocycles. The molecule has 0 bridgehead atoms. The van der Waals surface area contributed by atoms with Gasteiger partial charge in [-0.3, -0.25) is 9.69 Å². The van der Waals surface area contributed by atoms with Gasteiger partial charge in [-0.05, 0) is 49.1 Å². The number of nitrogens with one attached hydrogen (secondary N) is 1. The molecule has 1 heterocycles. The van der Waals surface area contributed by atoms with E-state index in [1.54, 1.807) is 0 Å². The van der Waals surface area contributed by atoms with Gasteiger partial charge in [-0.1, -0.05) is 54.1 Å². The van der Waals surface area contributed by atoms with Gasteiger partial charge in [0.1, 0.15) is 0 Å². The second-order valence-electron chi connectivity index (χ2n) is 6.93. The molecule has 2 aromatic carbocycles. The summed E-state index contributed by atoms with van der Waals surface area (Å²) in [7, 11) is 0. The lowest BCUT2D eigenvalue weighted by Gasteiger charge is -2.27. The number of carbonyl (C=O) groups excluding carboxylic acids is 1. The van der Waals surface area contributed by atoms with Gasteiger partial charge in [-0.2, -0.15) is 0 Å². The van der Waals surface area contributed by atoms with Crippen molar-refractivity contribution >= 4 is 17.5 Å². The summed E-state index contributed by atoms with van der Waals surface area (Å²) in [4.78, 5) is 14.4. The lowest BCUT2D eigenvalue weighted by atomic mass is 9.87. The van der Waals surface area contributed by atoms with Gasteiger partial charge in [-0.15, -0.1) is 0 Å². The number of benzene rings is 2. The molecule has 26 heavy (non-hydrogen) atoms. The minimum absolute atomic E-state index is 0.00472. The van der Waals surface area contributed by atoms with E-state index in [9.17, 15) is 9.90 Å². The van der Waals surface area contributed by atoms with Gasteiger partial charge in [0.05, 0.1) is 12.1 Å². The van der Waals surface area contributed by atoms with E-state index in [-0.39, 0.29) is 5.91 Å². The van der Waals surface area contributed by atoms with Gasteiger partial charge in [0.15, 0.2) is 0 Å². The fourth-order valence-electron chi connectivity index (χ4n) is 3.43. The third-order valence-corrected chi connectivity index (χ3v) is 5.24. The van der Waals surface area contributed by atoms with Crippen molar-refractivity contribution in [3.63, 3.8) is 0 Å². The van der Waals surface area contributed by atoms with Gasteiger partial charge < -0.3 is 10.4 Å². The number of rotatable bonds is 5. The van der Waals surface area contributed by atoms with Crippen molar-refractivity contribution in [2.45, 2.75) is 31.4 Å². The molecule has 1 amide bonds. The highest BCUT2D eigenvalue weighted by atomic mass is 35.5. The third kappa shape index (κ3) is 5.07. The highest BCUT2D eigenvalue weighted by molar-refractivity contribution is 6.30. The molecule has 2 aromatic rings. The molecular weight excluding hydrogens is 348 g/mol. The van der Waals surface area contributed by atoms with Gasteiger partial charge in [0.2, 0.25) is 5.91 Å². The van der Waals surface area contributed by atoms with Gasteiger partial charge in [-0.25, -0.2) is 0 Å². The molecule has 0 aliphatic carbocycles. The van der Waals surface area contributed by atoms with Crippen molar-refractivity contribution in [1.82, 2.24) is 10.2 Å². The highest BCUT2D eigenvalue weighted by Gasteiger charge is 2.32. The monoisotopic (exact) mass is 372 g/mol. The Balaban J connectivity index is 1.50. The van der Waals surface area contributed by atoms with Crippen LogP contribution in [0, 0.1) is 0 Å². The Bertz CT molecular complexity index is 721. The standard InChI is InChI=1S/C21H25ClN2O2/c22-19-9-7-17(8-10-19)15-23-20(25)16-24-13-4-11-21(26,12-14-24)18-5-2-1-3-6-18/h1-3,5-10,26H,4,11-16H2,(H,23,25). The molecule has 4 nitrogen and oxygen atoms in total. The van der Waals surface area contributed by atoms with E-state index in [2.05, 4.69) is 10.2 Å². The topological polar surface area (TPSA) is 52.6 Å².